The highest BCUT2D eigenvalue weighted by Gasteiger charge is 2.28. The van der Waals surface area contributed by atoms with Crippen molar-refractivity contribution in [3.8, 4) is 0 Å². The van der Waals surface area contributed by atoms with Crippen LogP contribution in [-0.4, -0.2) is 25.0 Å². The molecule has 0 aromatic heterocycles. The number of amides is 1. The maximum Gasteiger partial charge on any atom is 0.407 e. The van der Waals surface area contributed by atoms with E-state index in [4.69, 9.17) is 4.74 Å². The summed E-state index contributed by atoms with van der Waals surface area (Å²) in [6.45, 7) is 4.09. The molecule has 1 aliphatic carbocycles. The molecule has 0 saturated carbocycles. The molecule has 0 bridgehead atoms. The van der Waals surface area contributed by atoms with E-state index in [0.29, 0.717) is 6.61 Å². The van der Waals surface area contributed by atoms with Crippen LogP contribution in [0.25, 0.3) is 0 Å². The van der Waals surface area contributed by atoms with Crippen molar-refractivity contribution >= 4 is 12.4 Å². The summed E-state index contributed by atoms with van der Waals surface area (Å²) in [5, 5.41) is 2.67. The molecule has 0 aromatic carbocycles. The van der Waals surface area contributed by atoms with Crippen LogP contribution in [0.4, 0.5) is 4.79 Å². The van der Waals surface area contributed by atoms with E-state index in [1.807, 2.05) is 19.1 Å². The molecule has 0 spiro atoms. The van der Waals surface area contributed by atoms with E-state index >= 15 is 0 Å². The minimum Gasteiger partial charge on any atom is -0.450 e. The third-order valence-corrected chi connectivity index (χ3v) is 2.64. The molecule has 4 heteroatoms. The fraction of sp³-hybridized carbons (Fsp3) is 0.636. The highest BCUT2D eigenvalue weighted by atomic mass is 16.5. The predicted octanol–water partition coefficient (Wildman–Crippen LogP) is 1.51. The predicted molar refractivity (Wildman–Crippen MR) is 56.4 cm³/mol. The summed E-state index contributed by atoms with van der Waals surface area (Å²) in [6.07, 6.45) is 5.17. The molecule has 1 N–H and O–H groups in total. The van der Waals surface area contributed by atoms with E-state index < -0.39 is 6.09 Å². The molecule has 0 aliphatic heterocycles. The summed E-state index contributed by atoms with van der Waals surface area (Å²) in [5.74, 6) is 0.110. The van der Waals surface area contributed by atoms with Crippen molar-refractivity contribution in [1.82, 2.24) is 5.32 Å². The van der Waals surface area contributed by atoms with E-state index in [9.17, 15) is 9.59 Å². The number of allylic oxidation sites excluding steroid dienone is 1. The smallest absolute Gasteiger partial charge is 0.407 e. The van der Waals surface area contributed by atoms with Crippen LogP contribution in [0.1, 0.15) is 20.3 Å². The van der Waals surface area contributed by atoms with E-state index in [2.05, 4.69) is 5.32 Å². The summed E-state index contributed by atoms with van der Waals surface area (Å²) in [6, 6.07) is -0.231. The van der Waals surface area contributed by atoms with Gasteiger partial charge in [0, 0.05) is 5.92 Å². The fourth-order valence-electron chi connectivity index (χ4n) is 1.75. The van der Waals surface area contributed by atoms with E-state index in [-0.39, 0.29) is 17.9 Å². The Labute approximate surface area is 89.7 Å². The molecule has 0 heterocycles. The lowest BCUT2D eigenvalue weighted by Gasteiger charge is -2.28. The number of carbonyl (C=O) groups excluding carboxylic acids is 2. The molecule has 0 aromatic rings. The molecule has 84 valence electrons. The maximum atomic E-state index is 11.2. The molecule has 0 radical (unpaired) electrons. The van der Waals surface area contributed by atoms with E-state index in [1.165, 1.54) is 0 Å². The van der Waals surface area contributed by atoms with Crippen molar-refractivity contribution in [2.75, 3.05) is 6.61 Å². The molecule has 4 nitrogen and oxygen atoms in total. The summed E-state index contributed by atoms with van der Waals surface area (Å²) in [5.41, 5.74) is 0. The van der Waals surface area contributed by atoms with Crippen LogP contribution in [0.15, 0.2) is 12.2 Å². The van der Waals surface area contributed by atoms with Crippen LogP contribution in [-0.2, 0) is 9.53 Å². The normalized spacial score (nSPS) is 29.6. The standard InChI is InChI=1S/C11H17NO3/c1-3-15-11(14)12-10-6-4-5-8(2)9(10)7-13/h4,6-10H,3,5H2,1-2H3,(H,12,14). The Hall–Kier alpha value is -1.32. The third kappa shape index (κ3) is 3.08. The first kappa shape index (κ1) is 11.8. The third-order valence-electron chi connectivity index (χ3n) is 2.64. The van der Waals surface area contributed by atoms with Crippen LogP contribution < -0.4 is 5.32 Å². The van der Waals surface area contributed by atoms with Gasteiger partial charge in [-0.3, -0.25) is 0 Å². The monoisotopic (exact) mass is 211 g/mol. The summed E-state index contributed by atoms with van der Waals surface area (Å²) in [7, 11) is 0. The van der Waals surface area contributed by atoms with Crippen molar-refractivity contribution in [1.29, 1.82) is 0 Å². The van der Waals surface area contributed by atoms with Crippen LogP contribution in [0.3, 0.4) is 0 Å². The van der Waals surface area contributed by atoms with Gasteiger partial charge in [0.05, 0.1) is 12.6 Å². The van der Waals surface area contributed by atoms with E-state index in [0.717, 1.165) is 12.7 Å². The van der Waals surface area contributed by atoms with Crippen molar-refractivity contribution in [2.24, 2.45) is 11.8 Å². The fourth-order valence-corrected chi connectivity index (χ4v) is 1.75. The zero-order valence-electron chi connectivity index (χ0n) is 9.10. The first-order valence-corrected chi connectivity index (χ1v) is 5.24. The molecule has 1 rings (SSSR count). The molecule has 0 fully saturated rings. The maximum absolute atomic E-state index is 11.2. The Morgan fingerprint density at radius 3 is 3.00 bits per heavy atom. The molecule has 1 amide bonds. The lowest BCUT2D eigenvalue weighted by Crippen LogP contribution is -2.43. The number of nitrogens with one attached hydrogen (secondary N) is 1. The number of aldehydes is 1. The lowest BCUT2D eigenvalue weighted by atomic mass is 9.82. The SMILES string of the molecule is CCOC(=O)NC1C=CCC(C)C1C=O. The first-order chi connectivity index (χ1) is 7.19. The second-order valence-corrected chi connectivity index (χ2v) is 3.75. The summed E-state index contributed by atoms with van der Waals surface area (Å²) < 4.78 is 4.77. The number of alkyl carbamates (subject to hydrolysis) is 1. The van der Waals surface area contributed by atoms with Gasteiger partial charge in [-0.2, -0.15) is 0 Å². The molecule has 0 saturated heterocycles. The van der Waals surface area contributed by atoms with Gasteiger partial charge in [0.15, 0.2) is 0 Å². The van der Waals surface area contributed by atoms with Crippen LogP contribution in [0.2, 0.25) is 0 Å². The zero-order chi connectivity index (χ0) is 11.3. The molecule has 15 heavy (non-hydrogen) atoms. The minimum absolute atomic E-state index is 0.153. The Kier molecular flexibility index (Phi) is 4.34. The largest absolute Gasteiger partial charge is 0.450 e. The van der Waals surface area contributed by atoms with E-state index in [1.54, 1.807) is 6.92 Å². The van der Waals surface area contributed by atoms with Gasteiger partial charge in [-0.1, -0.05) is 19.1 Å². The van der Waals surface area contributed by atoms with Crippen molar-refractivity contribution in [3.05, 3.63) is 12.2 Å². The Morgan fingerprint density at radius 2 is 2.40 bits per heavy atom. The Morgan fingerprint density at radius 1 is 1.67 bits per heavy atom. The average Bonchev–Trinajstić information content (AvgIpc) is 2.18. The second kappa shape index (κ2) is 5.53. The average molecular weight is 211 g/mol. The first-order valence-electron chi connectivity index (χ1n) is 5.24. The lowest BCUT2D eigenvalue weighted by molar-refractivity contribution is -0.112. The zero-order valence-corrected chi connectivity index (χ0v) is 9.10. The van der Waals surface area contributed by atoms with Crippen molar-refractivity contribution in [3.63, 3.8) is 0 Å². The molecule has 1 aliphatic rings. The highest BCUT2D eigenvalue weighted by molar-refractivity contribution is 5.69. The van der Waals surface area contributed by atoms with Gasteiger partial charge >= 0.3 is 6.09 Å². The number of hydrogen-bond donors (Lipinski definition) is 1. The highest BCUT2D eigenvalue weighted by Crippen LogP contribution is 2.23. The van der Waals surface area contributed by atoms with Crippen LogP contribution >= 0.6 is 0 Å². The van der Waals surface area contributed by atoms with Crippen LogP contribution in [0, 0.1) is 11.8 Å². The van der Waals surface area contributed by atoms with Gasteiger partial charge in [0.25, 0.3) is 0 Å². The Bertz CT molecular complexity index is 263. The number of ether oxygens (including phenoxy) is 1. The number of carbonyl (C=O) groups is 2. The van der Waals surface area contributed by atoms with Gasteiger partial charge < -0.3 is 14.8 Å². The van der Waals surface area contributed by atoms with Gasteiger partial charge in [0.2, 0.25) is 0 Å². The van der Waals surface area contributed by atoms with Gasteiger partial charge in [-0.15, -0.1) is 0 Å². The Balaban J connectivity index is 2.58. The van der Waals surface area contributed by atoms with Gasteiger partial charge in [0.1, 0.15) is 6.29 Å². The molecule has 3 unspecified atom stereocenters. The topological polar surface area (TPSA) is 55.4 Å². The van der Waals surface area contributed by atoms with Crippen molar-refractivity contribution in [2.45, 2.75) is 26.3 Å². The number of hydrogen-bond acceptors (Lipinski definition) is 3. The molecular formula is C11H17NO3. The second-order valence-electron chi connectivity index (χ2n) is 3.75. The van der Waals surface area contributed by atoms with Crippen LogP contribution in [0.5, 0.6) is 0 Å². The summed E-state index contributed by atoms with van der Waals surface area (Å²) >= 11 is 0. The molecular weight excluding hydrogens is 194 g/mol. The van der Waals surface area contributed by atoms with Gasteiger partial charge in [-0.25, -0.2) is 4.79 Å². The molecule has 3 atom stereocenters. The minimum atomic E-state index is -0.465. The quantitative estimate of drug-likeness (QED) is 0.568. The van der Waals surface area contributed by atoms with Crippen molar-refractivity contribution < 1.29 is 14.3 Å². The number of rotatable bonds is 3. The summed E-state index contributed by atoms with van der Waals surface area (Å²) in [4.78, 5) is 22.1. The van der Waals surface area contributed by atoms with Gasteiger partial charge in [-0.05, 0) is 19.3 Å².